The zero-order valence-electron chi connectivity index (χ0n) is 9.77. The van der Waals surface area contributed by atoms with Crippen LogP contribution in [-0.2, 0) is 4.74 Å². The first-order valence-electron chi connectivity index (χ1n) is 5.25. The third kappa shape index (κ3) is 3.55. The van der Waals surface area contributed by atoms with Crippen molar-refractivity contribution in [3.8, 4) is 0 Å². The number of nitrogens with two attached hydrogens (primary N) is 1. The Kier molecular flexibility index (Phi) is 4.79. The van der Waals surface area contributed by atoms with Gasteiger partial charge in [-0.2, -0.15) is 0 Å². The second-order valence-electron chi connectivity index (χ2n) is 3.70. The van der Waals surface area contributed by atoms with Crippen LogP contribution in [0.5, 0.6) is 0 Å². The second-order valence-corrected chi connectivity index (χ2v) is 3.70. The van der Waals surface area contributed by atoms with E-state index in [9.17, 15) is 4.79 Å². The average molecular weight is 222 g/mol. The minimum absolute atomic E-state index is 0.0107. The van der Waals surface area contributed by atoms with Gasteiger partial charge in [0, 0.05) is 38.6 Å². The minimum atomic E-state index is -0.0107. The van der Waals surface area contributed by atoms with Crippen LogP contribution in [0.2, 0.25) is 0 Å². The highest BCUT2D eigenvalue weighted by atomic mass is 16.5. The largest absolute Gasteiger partial charge is 0.399 e. The maximum atomic E-state index is 11.9. The predicted molar refractivity (Wildman–Crippen MR) is 64.3 cm³/mol. The van der Waals surface area contributed by atoms with Gasteiger partial charge < -0.3 is 15.4 Å². The van der Waals surface area contributed by atoms with Crippen molar-refractivity contribution in [2.45, 2.75) is 6.42 Å². The summed E-state index contributed by atoms with van der Waals surface area (Å²) in [5.41, 5.74) is 6.86. The number of nitrogen functional groups attached to an aromatic ring is 1. The molecule has 1 aromatic carbocycles. The van der Waals surface area contributed by atoms with Crippen molar-refractivity contribution in [3.63, 3.8) is 0 Å². The maximum absolute atomic E-state index is 11.9. The molecule has 0 aliphatic heterocycles. The number of hydrogen-bond donors (Lipinski definition) is 1. The third-order valence-electron chi connectivity index (χ3n) is 2.32. The Morgan fingerprint density at radius 2 is 2.25 bits per heavy atom. The molecule has 0 aromatic heterocycles. The molecule has 4 nitrogen and oxygen atoms in total. The van der Waals surface area contributed by atoms with Gasteiger partial charge >= 0.3 is 0 Å². The quantitative estimate of drug-likeness (QED) is 0.605. The molecule has 0 saturated heterocycles. The zero-order valence-corrected chi connectivity index (χ0v) is 9.77. The normalized spacial score (nSPS) is 10.1. The van der Waals surface area contributed by atoms with Crippen molar-refractivity contribution >= 4 is 11.6 Å². The first-order valence-corrected chi connectivity index (χ1v) is 5.25. The van der Waals surface area contributed by atoms with Crippen LogP contribution in [0.1, 0.15) is 16.8 Å². The van der Waals surface area contributed by atoms with Crippen LogP contribution in [0.25, 0.3) is 0 Å². The highest BCUT2D eigenvalue weighted by Crippen LogP contribution is 2.09. The number of carbonyl (C=O) groups is 1. The van der Waals surface area contributed by atoms with Gasteiger partial charge in [-0.3, -0.25) is 4.79 Å². The number of amides is 1. The fourth-order valence-corrected chi connectivity index (χ4v) is 1.44. The summed E-state index contributed by atoms with van der Waals surface area (Å²) in [7, 11) is 3.43. The van der Waals surface area contributed by atoms with Gasteiger partial charge in [-0.1, -0.05) is 6.07 Å². The fourth-order valence-electron chi connectivity index (χ4n) is 1.44. The molecular weight excluding hydrogens is 204 g/mol. The first kappa shape index (κ1) is 12.5. The van der Waals surface area contributed by atoms with Gasteiger partial charge in [0.1, 0.15) is 0 Å². The Morgan fingerprint density at radius 1 is 1.50 bits per heavy atom. The Balaban J connectivity index is 2.56. The van der Waals surface area contributed by atoms with Crippen LogP contribution in [0.15, 0.2) is 24.3 Å². The summed E-state index contributed by atoms with van der Waals surface area (Å²) in [4.78, 5) is 13.6. The lowest BCUT2D eigenvalue weighted by atomic mass is 10.2. The number of nitrogens with zero attached hydrogens (tertiary/aromatic N) is 1. The zero-order chi connectivity index (χ0) is 12.0. The van der Waals surface area contributed by atoms with Crippen molar-refractivity contribution < 1.29 is 9.53 Å². The summed E-state index contributed by atoms with van der Waals surface area (Å²) in [6.45, 7) is 1.34. The maximum Gasteiger partial charge on any atom is 0.253 e. The topological polar surface area (TPSA) is 55.6 Å². The molecule has 2 N–H and O–H groups in total. The smallest absolute Gasteiger partial charge is 0.253 e. The molecule has 88 valence electrons. The summed E-state index contributed by atoms with van der Waals surface area (Å²) >= 11 is 0. The number of ether oxygens (including phenoxy) is 1. The fraction of sp³-hybridized carbons (Fsp3) is 0.417. The molecule has 0 spiro atoms. The number of benzene rings is 1. The van der Waals surface area contributed by atoms with Gasteiger partial charge in [-0.25, -0.2) is 0 Å². The molecule has 4 heteroatoms. The molecule has 16 heavy (non-hydrogen) atoms. The molecule has 1 rings (SSSR count). The van der Waals surface area contributed by atoms with E-state index in [1.54, 1.807) is 43.3 Å². The molecular formula is C12H18N2O2. The Hall–Kier alpha value is -1.55. The van der Waals surface area contributed by atoms with E-state index < -0.39 is 0 Å². The van der Waals surface area contributed by atoms with Gasteiger partial charge in [-0.15, -0.1) is 0 Å². The van der Waals surface area contributed by atoms with Gasteiger partial charge in [-0.05, 0) is 24.6 Å². The summed E-state index contributed by atoms with van der Waals surface area (Å²) in [5, 5.41) is 0. The van der Waals surface area contributed by atoms with E-state index in [1.807, 2.05) is 0 Å². The van der Waals surface area contributed by atoms with Gasteiger partial charge in [0.05, 0.1) is 0 Å². The van der Waals surface area contributed by atoms with E-state index in [0.717, 1.165) is 6.42 Å². The van der Waals surface area contributed by atoms with Crippen molar-refractivity contribution in [3.05, 3.63) is 29.8 Å². The summed E-state index contributed by atoms with van der Waals surface area (Å²) < 4.78 is 4.94. The molecule has 0 unspecified atom stereocenters. The van der Waals surface area contributed by atoms with Crippen molar-refractivity contribution in [2.24, 2.45) is 0 Å². The van der Waals surface area contributed by atoms with Crippen LogP contribution < -0.4 is 5.73 Å². The van der Waals surface area contributed by atoms with E-state index in [1.165, 1.54) is 0 Å². The van der Waals surface area contributed by atoms with Crippen molar-refractivity contribution in [1.82, 2.24) is 4.90 Å². The van der Waals surface area contributed by atoms with E-state index in [2.05, 4.69) is 0 Å². The number of methoxy groups -OCH3 is 1. The Bertz CT molecular complexity index is 353. The molecule has 0 radical (unpaired) electrons. The number of anilines is 1. The van der Waals surface area contributed by atoms with E-state index in [4.69, 9.17) is 10.5 Å². The highest BCUT2D eigenvalue weighted by molar-refractivity contribution is 5.94. The number of carbonyl (C=O) groups excluding carboxylic acids is 1. The van der Waals surface area contributed by atoms with Crippen LogP contribution in [-0.4, -0.2) is 38.1 Å². The third-order valence-corrected chi connectivity index (χ3v) is 2.32. The SMILES string of the molecule is COCCCN(C)C(=O)c1cccc(N)c1. The van der Waals surface area contributed by atoms with Gasteiger partial charge in [0.2, 0.25) is 0 Å². The molecule has 0 aliphatic carbocycles. The Morgan fingerprint density at radius 3 is 2.88 bits per heavy atom. The monoisotopic (exact) mass is 222 g/mol. The van der Waals surface area contributed by atoms with Crippen molar-refractivity contribution in [1.29, 1.82) is 0 Å². The molecule has 0 fully saturated rings. The molecule has 0 atom stereocenters. The lowest BCUT2D eigenvalue weighted by Gasteiger charge is -2.17. The van der Waals surface area contributed by atoms with E-state index >= 15 is 0 Å². The lowest BCUT2D eigenvalue weighted by Crippen LogP contribution is -2.28. The highest BCUT2D eigenvalue weighted by Gasteiger charge is 2.10. The summed E-state index contributed by atoms with van der Waals surface area (Å²) in [6.07, 6.45) is 0.834. The van der Waals surface area contributed by atoms with Crippen LogP contribution in [0, 0.1) is 0 Å². The van der Waals surface area contributed by atoms with Crippen molar-refractivity contribution in [2.75, 3.05) is 33.0 Å². The standard InChI is InChI=1S/C12H18N2O2/c1-14(7-4-8-16-2)12(15)10-5-3-6-11(13)9-10/h3,5-6,9H,4,7-8,13H2,1-2H3. The molecule has 1 amide bonds. The van der Waals surface area contributed by atoms with E-state index in [0.29, 0.717) is 24.4 Å². The molecule has 0 saturated carbocycles. The predicted octanol–water partition coefficient (Wildman–Crippen LogP) is 1.38. The van der Waals surface area contributed by atoms with Crippen LogP contribution in [0.4, 0.5) is 5.69 Å². The first-order chi connectivity index (χ1) is 7.65. The number of rotatable bonds is 5. The minimum Gasteiger partial charge on any atom is -0.399 e. The molecule has 0 heterocycles. The lowest BCUT2D eigenvalue weighted by molar-refractivity contribution is 0.0779. The van der Waals surface area contributed by atoms with Crippen LogP contribution >= 0.6 is 0 Å². The van der Waals surface area contributed by atoms with Gasteiger partial charge in [0.25, 0.3) is 5.91 Å². The van der Waals surface area contributed by atoms with Gasteiger partial charge in [0.15, 0.2) is 0 Å². The molecule has 0 aliphatic rings. The second kappa shape index (κ2) is 6.12. The molecule has 0 bridgehead atoms. The summed E-state index contributed by atoms with van der Waals surface area (Å²) in [5.74, 6) is -0.0107. The number of hydrogen-bond acceptors (Lipinski definition) is 3. The van der Waals surface area contributed by atoms with Crippen LogP contribution in [0.3, 0.4) is 0 Å². The average Bonchev–Trinajstić information content (AvgIpc) is 2.28. The summed E-state index contributed by atoms with van der Waals surface area (Å²) in [6, 6.07) is 7.01. The van der Waals surface area contributed by atoms with E-state index in [-0.39, 0.29) is 5.91 Å². The Labute approximate surface area is 96.0 Å². The molecule has 1 aromatic rings.